The van der Waals surface area contributed by atoms with Gasteiger partial charge in [-0.05, 0) is 23.9 Å². The van der Waals surface area contributed by atoms with Crippen LogP contribution in [0.5, 0.6) is 0 Å². The Kier molecular flexibility index (Phi) is 3.19. The Bertz CT molecular complexity index is 520. The second kappa shape index (κ2) is 4.78. The number of terminal acetylenes is 1. The molecule has 2 rings (SSSR count). The van der Waals surface area contributed by atoms with Crippen LogP contribution in [0, 0.1) is 12.3 Å². The fraction of sp³-hybridized carbons (Fsp3) is 0.214. The summed E-state index contributed by atoms with van der Waals surface area (Å²) in [4.78, 5) is 4.11. The van der Waals surface area contributed by atoms with E-state index in [1.54, 1.807) is 0 Å². The van der Waals surface area contributed by atoms with E-state index >= 15 is 0 Å². The number of fused-ring (bicyclic) bond motifs is 1. The zero-order chi connectivity index (χ0) is 11.4. The summed E-state index contributed by atoms with van der Waals surface area (Å²) in [7, 11) is 0. The fourth-order valence-electron chi connectivity index (χ4n) is 1.67. The maximum Gasteiger partial charge on any atom is 0.0660 e. The Morgan fingerprint density at radius 1 is 1.44 bits per heavy atom. The lowest BCUT2D eigenvalue weighted by molar-refractivity contribution is 0.650. The summed E-state index contributed by atoms with van der Waals surface area (Å²) in [5.74, 6) is 2.66. The molecule has 0 amide bonds. The third-order valence-corrected chi connectivity index (χ3v) is 2.62. The first-order valence-electron chi connectivity index (χ1n) is 5.32. The highest BCUT2D eigenvalue weighted by molar-refractivity contribution is 5.84. The third kappa shape index (κ3) is 2.21. The molecule has 0 saturated carbocycles. The van der Waals surface area contributed by atoms with Crippen molar-refractivity contribution in [1.29, 1.82) is 0 Å². The van der Waals surface area contributed by atoms with Crippen LogP contribution in [0.3, 0.4) is 0 Å². The van der Waals surface area contributed by atoms with E-state index in [1.807, 2.05) is 31.5 Å². The van der Waals surface area contributed by atoms with Crippen molar-refractivity contribution in [3.05, 3.63) is 42.2 Å². The summed E-state index contributed by atoms with van der Waals surface area (Å²) in [5.41, 5.74) is 1.25. The van der Waals surface area contributed by atoms with Crippen molar-refractivity contribution in [2.45, 2.75) is 19.5 Å². The summed E-state index contributed by atoms with van der Waals surface area (Å²) in [5, 5.41) is 5.68. The number of nitrogens with one attached hydrogen (secondary N) is 1. The molecule has 0 saturated heterocycles. The van der Waals surface area contributed by atoms with E-state index in [0.717, 1.165) is 11.9 Å². The average Bonchev–Trinajstić information content (AvgIpc) is 2.35. The van der Waals surface area contributed by atoms with Gasteiger partial charge >= 0.3 is 0 Å². The minimum atomic E-state index is 0.0945. The SMILES string of the molecule is C#CC(C)NCc1cccc2cnccc12. The van der Waals surface area contributed by atoms with Crippen molar-refractivity contribution in [3.63, 3.8) is 0 Å². The Balaban J connectivity index is 2.28. The van der Waals surface area contributed by atoms with Gasteiger partial charge < -0.3 is 0 Å². The van der Waals surface area contributed by atoms with E-state index in [1.165, 1.54) is 10.9 Å². The van der Waals surface area contributed by atoms with Crippen LogP contribution in [0.2, 0.25) is 0 Å². The van der Waals surface area contributed by atoms with E-state index < -0.39 is 0 Å². The number of hydrogen-bond donors (Lipinski definition) is 1. The molecule has 0 aliphatic carbocycles. The van der Waals surface area contributed by atoms with Crippen molar-refractivity contribution in [2.24, 2.45) is 0 Å². The Hall–Kier alpha value is -1.85. The van der Waals surface area contributed by atoms with E-state index in [2.05, 4.69) is 28.4 Å². The van der Waals surface area contributed by atoms with Gasteiger partial charge in [0.15, 0.2) is 0 Å². The summed E-state index contributed by atoms with van der Waals surface area (Å²) < 4.78 is 0. The quantitative estimate of drug-likeness (QED) is 0.786. The molecule has 0 spiro atoms. The minimum absolute atomic E-state index is 0.0945. The van der Waals surface area contributed by atoms with Crippen molar-refractivity contribution in [1.82, 2.24) is 10.3 Å². The molecule has 80 valence electrons. The maximum absolute atomic E-state index is 5.33. The molecule has 1 aromatic heterocycles. The molecular weight excluding hydrogens is 196 g/mol. The van der Waals surface area contributed by atoms with Crippen LogP contribution < -0.4 is 5.32 Å². The first-order chi connectivity index (χ1) is 7.81. The highest BCUT2D eigenvalue weighted by Gasteiger charge is 2.01. The number of aromatic nitrogens is 1. The fourth-order valence-corrected chi connectivity index (χ4v) is 1.67. The molecule has 2 aromatic rings. The second-order valence-corrected chi connectivity index (χ2v) is 3.78. The van der Waals surface area contributed by atoms with Crippen LogP contribution in [-0.4, -0.2) is 11.0 Å². The van der Waals surface area contributed by atoms with Gasteiger partial charge in [0, 0.05) is 24.3 Å². The van der Waals surface area contributed by atoms with Crippen molar-refractivity contribution < 1.29 is 0 Å². The van der Waals surface area contributed by atoms with Crippen LogP contribution in [0.1, 0.15) is 12.5 Å². The van der Waals surface area contributed by atoms with Gasteiger partial charge in [-0.1, -0.05) is 24.1 Å². The molecule has 1 heterocycles. The van der Waals surface area contributed by atoms with Gasteiger partial charge in [-0.25, -0.2) is 0 Å². The highest BCUT2D eigenvalue weighted by Crippen LogP contribution is 2.17. The first kappa shape index (κ1) is 10.7. The monoisotopic (exact) mass is 210 g/mol. The summed E-state index contributed by atoms with van der Waals surface area (Å²) >= 11 is 0. The number of rotatable bonds is 3. The lowest BCUT2D eigenvalue weighted by Gasteiger charge is -2.09. The third-order valence-electron chi connectivity index (χ3n) is 2.62. The number of hydrogen-bond acceptors (Lipinski definition) is 2. The molecule has 0 fully saturated rings. The van der Waals surface area contributed by atoms with E-state index in [0.29, 0.717) is 0 Å². The Morgan fingerprint density at radius 2 is 2.31 bits per heavy atom. The molecule has 1 N–H and O–H groups in total. The topological polar surface area (TPSA) is 24.9 Å². The number of nitrogens with zero attached hydrogens (tertiary/aromatic N) is 1. The van der Waals surface area contributed by atoms with Crippen molar-refractivity contribution in [3.8, 4) is 12.3 Å². The zero-order valence-electron chi connectivity index (χ0n) is 9.27. The Labute approximate surface area is 95.7 Å². The molecule has 16 heavy (non-hydrogen) atoms. The van der Waals surface area contributed by atoms with Gasteiger partial charge in [-0.15, -0.1) is 6.42 Å². The lowest BCUT2D eigenvalue weighted by Crippen LogP contribution is -2.23. The number of pyridine rings is 1. The Morgan fingerprint density at radius 3 is 3.12 bits per heavy atom. The van der Waals surface area contributed by atoms with Gasteiger partial charge in [-0.3, -0.25) is 10.3 Å². The zero-order valence-corrected chi connectivity index (χ0v) is 9.27. The van der Waals surface area contributed by atoms with Crippen LogP contribution in [0.25, 0.3) is 10.8 Å². The predicted molar refractivity (Wildman–Crippen MR) is 66.9 cm³/mol. The maximum atomic E-state index is 5.33. The van der Waals surface area contributed by atoms with E-state index in [-0.39, 0.29) is 6.04 Å². The molecule has 1 atom stereocenters. The highest BCUT2D eigenvalue weighted by atomic mass is 14.9. The predicted octanol–water partition coefficient (Wildman–Crippen LogP) is 2.35. The van der Waals surface area contributed by atoms with Gasteiger partial charge in [0.1, 0.15) is 0 Å². The van der Waals surface area contributed by atoms with Crippen LogP contribution >= 0.6 is 0 Å². The first-order valence-corrected chi connectivity index (χ1v) is 5.32. The summed E-state index contributed by atoms with van der Waals surface area (Å²) in [6.07, 6.45) is 9.02. The van der Waals surface area contributed by atoms with E-state index in [4.69, 9.17) is 6.42 Å². The standard InChI is InChI=1S/C14H14N2/c1-3-11(2)16-10-13-6-4-5-12-9-15-8-7-14(12)13/h1,4-9,11,16H,10H2,2H3. The number of benzene rings is 1. The molecule has 0 radical (unpaired) electrons. The van der Waals surface area contributed by atoms with Crippen molar-refractivity contribution in [2.75, 3.05) is 0 Å². The lowest BCUT2D eigenvalue weighted by atomic mass is 10.1. The van der Waals surface area contributed by atoms with Gasteiger partial charge in [-0.2, -0.15) is 0 Å². The smallest absolute Gasteiger partial charge is 0.0660 e. The second-order valence-electron chi connectivity index (χ2n) is 3.78. The molecule has 0 bridgehead atoms. The molecule has 1 aromatic carbocycles. The molecule has 2 heteroatoms. The minimum Gasteiger partial charge on any atom is -0.300 e. The van der Waals surface area contributed by atoms with Crippen LogP contribution in [0.4, 0.5) is 0 Å². The van der Waals surface area contributed by atoms with E-state index in [9.17, 15) is 0 Å². The normalized spacial score (nSPS) is 12.2. The van der Waals surface area contributed by atoms with Crippen LogP contribution in [0.15, 0.2) is 36.7 Å². The largest absolute Gasteiger partial charge is 0.300 e. The van der Waals surface area contributed by atoms with Crippen molar-refractivity contribution >= 4 is 10.8 Å². The average molecular weight is 210 g/mol. The van der Waals surface area contributed by atoms with Gasteiger partial charge in [0.05, 0.1) is 6.04 Å². The van der Waals surface area contributed by atoms with Gasteiger partial charge in [0.2, 0.25) is 0 Å². The molecule has 0 aliphatic heterocycles. The summed E-state index contributed by atoms with van der Waals surface area (Å²) in [6.45, 7) is 2.76. The molecule has 2 nitrogen and oxygen atoms in total. The molecular formula is C14H14N2. The molecule has 1 unspecified atom stereocenters. The van der Waals surface area contributed by atoms with Gasteiger partial charge in [0.25, 0.3) is 0 Å². The van der Waals surface area contributed by atoms with Crippen LogP contribution in [-0.2, 0) is 6.54 Å². The summed E-state index contributed by atoms with van der Waals surface area (Å²) in [6, 6.07) is 8.35. The molecule has 0 aliphatic rings.